The predicted molar refractivity (Wildman–Crippen MR) is 84.1 cm³/mol. The summed E-state index contributed by atoms with van der Waals surface area (Å²) in [6, 6.07) is 15.7. The van der Waals surface area contributed by atoms with Gasteiger partial charge < -0.3 is 4.90 Å². The molecule has 0 aliphatic carbocycles. The van der Waals surface area contributed by atoms with Crippen LogP contribution in [0.15, 0.2) is 42.5 Å². The van der Waals surface area contributed by atoms with Crippen LogP contribution in [0.25, 0.3) is 0 Å². The Balaban J connectivity index is 2.23. The largest absolute Gasteiger partial charge is 0.378 e. The lowest BCUT2D eigenvalue weighted by molar-refractivity contribution is 1.09. The number of aryl methyl sites for hydroxylation is 2. The summed E-state index contributed by atoms with van der Waals surface area (Å²) in [7, 11) is 4.18. The van der Waals surface area contributed by atoms with Gasteiger partial charge in [0.05, 0.1) is 0 Å². The van der Waals surface area contributed by atoms with Gasteiger partial charge in [0.25, 0.3) is 0 Å². The van der Waals surface area contributed by atoms with E-state index in [1.54, 1.807) is 0 Å². The Bertz CT molecular complexity index is 538. The molecule has 1 nitrogen and oxygen atoms in total. The normalized spacial score (nSPS) is 10.5. The number of benzene rings is 2. The first kappa shape index (κ1) is 13.7. The molecule has 2 rings (SSSR count). The Kier molecular flexibility index (Phi) is 4.26. The van der Waals surface area contributed by atoms with Crippen molar-refractivity contribution >= 4 is 5.69 Å². The molecule has 0 unspecified atom stereocenters. The van der Waals surface area contributed by atoms with E-state index in [-0.39, 0.29) is 0 Å². The second kappa shape index (κ2) is 5.92. The van der Waals surface area contributed by atoms with Crippen LogP contribution in [0.4, 0.5) is 5.69 Å². The lowest BCUT2D eigenvalue weighted by Gasteiger charge is -2.15. The molecule has 0 N–H and O–H groups in total. The van der Waals surface area contributed by atoms with Crippen molar-refractivity contribution < 1.29 is 0 Å². The molecule has 0 saturated heterocycles. The Morgan fingerprint density at radius 2 is 1.53 bits per heavy atom. The first-order valence-electron chi connectivity index (χ1n) is 6.95. The maximum absolute atomic E-state index is 2.29. The maximum Gasteiger partial charge on any atom is 0.0364 e. The molecule has 0 spiro atoms. The molecule has 0 saturated carbocycles. The van der Waals surface area contributed by atoms with Gasteiger partial charge in [0.15, 0.2) is 0 Å². The van der Waals surface area contributed by atoms with Gasteiger partial charge in [-0.1, -0.05) is 37.3 Å². The average molecular weight is 253 g/mol. The molecule has 0 aromatic heterocycles. The van der Waals surface area contributed by atoms with Gasteiger partial charge in [-0.2, -0.15) is 0 Å². The fourth-order valence-corrected chi connectivity index (χ4v) is 2.24. The first-order chi connectivity index (χ1) is 9.10. The summed E-state index contributed by atoms with van der Waals surface area (Å²) in [5, 5.41) is 0. The standard InChI is InChI=1S/C18H23N/c1-5-15-7-9-16(10-8-15)12-17-13-18(19(3)4)11-6-14(17)2/h6-11,13H,5,12H2,1-4H3. The van der Waals surface area contributed by atoms with Crippen LogP contribution in [0.3, 0.4) is 0 Å². The Morgan fingerprint density at radius 1 is 0.895 bits per heavy atom. The molecule has 0 amide bonds. The third-order valence-corrected chi connectivity index (χ3v) is 3.67. The molecule has 0 aliphatic rings. The van der Waals surface area contributed by atoms with Crippen LogP contribution in [-0.2, 0) is 12.8 Å². The number of rotatable bonds is 4. The Morgan fingerprint density at radius 3 is 2.11 bits per heavy atom. The summed E-state index contributed by atoms with van der Waals surface area (Å²) in [5.74, 6) is 0. The highest BCUT2D eigenvalue weighted by Crippen LogP contribution is 2.20. The summed E-state index contributed by atoms with van der Waals surface area (Å²) in [4.78, 5) is 2.16. The molecule has 0 atom stereocenters. The number of nitrogens with zero attached hydrogens (tertiary/aromatic N) is 1. The average Bonchev–Trinajstić information content (AvgIpc) is 2.42. The second-order valence-corrected chi connectivity index (χ2v) is 5.35. The zero-order chi connectivity index (χ0) is 13.8. The van der Waals surface area contributed by atoms with E-state index in [2.05, 4.69) is 75.3 Å². The van der Waals surface area contributed by atoms with E-state index in [0.29, 0.717) is 0 Å². The van der Waals surface area contributed by atoms with Crippen LogP contribution < -0.4 is 4.90 Å². The molecule has 0 aliphatic heterocycles. The van der Waals surface area contributed by atoms with Crippen molar-refractivity contribution in [2.24, 2.45) is 0 Å². The number of hydrogen-bond acceptors (Lipinski definition) is 1. The Labute approximate surface area is 116 Å². The van der Waals surface area contributed by atoms with Gasteiger partial charge in [0.2, 0.25) is 0 Å². The van der Waals surface area contributed by atoms with Crippen LogP contribution in [0, 0.1) is 6.92 Å². The van der Waals surface area contributed by atoms with Gasteiger partial charge in [0.1, 0.15) is 0 Å². The van der Waals surface area contributed by atoms with Crippen LogP contribution in [0.2, 0.25) is 0 Å². The summed E-state index contributed by atoms with van der Waals surface area (Å²) in [6.45, 7) is 4.38. The van der Waals surface area contributed by atoms with E-state index in [0.717, 1.165) is 12.8 Å². The van der Waals surface area contributed by atoms with E-state index in [4.69, 9.17) is 0 Å². The van der Waals surface area contributed by atoms with Crippen molar-refractivity contribution in [2.75, 3.05) is 19.0 Å². The molecular weight excluding hydrogens is 230 g/mol. The summed E-state index contributed by atoms with van der Waals surface area (Å²) >= 11 is 0. The van der Waals surface area contributed by atoms with Crippen LogP contribution >= 0.6 is 0 Å². The monoisotopic (exact) mass is 253 g/mol. The molecular formula is C18H23N. The smallest absolute Gasteiger partial charge is 0.0364 e. The van der Waals surface area contributed by atoms with Crippen molar-refractivity contribution in [2.45, 2.75) is 26.7 Å². The highest BCUT2D eigenvalue weighted by Gasteiger charge is 2.03. The predicted octanol–water partition coefficient (Wildman–Crippen LogP) is 4.21. The van der Waals surface area contributed by atoms with Gasteiger partial charge >= 0.3 is 0 Å². The van der Waals surface area contributed by atoms with E-state index < -0.39 is 0 Å². The molecule has 2 aromatic rings. The molecule has 100 valence electrons. The third-order valence-electron chi connectivity index (χ3n) is 3.67. The van der Waals surface area contributed by atoms with E-state index in [1.807, 2.05) is 0 Å². The Hall–Kier alpha value is -1.76. The van der Waals surface area contributed by atoms with Gasteiger partial charge in [-0.15, -0.1) is 0 Å². The highest BCUT2D eigenvalue weighted by atomic mass is 15.1. The van der Waals surface area contributed by atoms with Gasteiger partial charge in [-0.3, -0.25) is 0 Å². The van der Waals surface area contributed by atoms with Crippen LogP contribution in [0.5, 0.6) is 0 Å². The maximum atomic E-state index is 2.29. The van der Waals surface area contributed by atoms with Gasteiger partial charge in [-0.25, -0.2) is 0 Å². The second-order valence-electron chi connectivity index (χ2n) is 5.35. The van der Waals surface area contributed by atoms with Crippen molar-refractivity contribution in [3.8, 4) is 0 Å². The zero-order valence-corrected chi connectivity index (χ0v) is 12.4. The minimum Gasteiger partial charge on any atom is -0.378 e. The van der Waals surface area contributed by atoms with Gasteiger partial charge in [0, 0.05) is 19.8 Å². The van der Waals surface area contributed by atoms with Crippen LogP contribution in [0.1, 0.15) is 29.2 Å². The van der Waals surface area contributed by atoms with Crippen molar-refractivity contribution in [3.63, 3.8) is 0 Å². The molecule has 1 heteroatoms. The van der Waals surface area contributed by atoms with E-state index in [1.165, 1.54) is 27.9 Å². The highest BCUT2D eigenvalue weighted by molar-refractivity contribution is 5.50. The van der Waals surface area contributed by atoms with Crippen LogP contribution in [-0.4, -0.2) is 14.1 Å². The SMILES string of the molecule is CCc1ccc(Cc2cc(N(C)C)ccc2C)cc1. The van der Waals surface area contributed by atoms with E-state index in [9.17, 15) is 0 Å². The fourth-order valence-electron chi connectivity index (χ4n) is 2.24. The van der Waals surface area contributed by atoms with Gasteiger partial charge in [-0.05, 0) is 54.2 Å². The summed E-state index contributed by atoms with van der Waals surface area (Å²) in [6.07, 6.45) is 2.12. The molecule has 0 fully saturated rings. The molecule has 19 heavy (non-hydrogen) atoms. The van der Waals surface area contributed by atoms with E-state index >= 15 is 0 Å². The molecule has 0 bridgehead atoms. The third kappa shape index (κ3) is 3.37. The minimum atomic E-state index is 1.01. The lowest BCUT2D eigenvalue weighted by atomic mass is 9.98. The summed E-state index contributed by atoms with van der Waals surface area (Å²) < 4.78 is 0. The quantitative estimate of drug-likeness (QED) is 0.788. The topological polar surface area (TPSA) is 3.24 Å². The minimum absolute atomic E-state index is 1.01. The number of anilines is 1. The first-order valence-corrected chi connectivity index (χ1v) is 6.95. The zero-order valence-electron chi connectivity index (χ0n) is 12.4. The fraction of sp³-hybridized carbons (Fsp3) is 0.333. The van der Waals surface area contributed by atoms with Crippen molar-refractivity contribution in [1.82, 2.24) is 0 Å². The van der Waals surface area contributed by atoms with Crippen molar-refractivity contribution in [1.29, 1.82) is 0 Å². The molecule has 0 heterocycles. The van der Waals surface area contributed by atoms with Crippen molar-refractivity contribution in [3.05, 3.63) is 64.7 Å². The molecule has 0 radical (unpaired) electrons. The molecule has 2 aromatic carbocycles. The number of hydrogen-bond donors (Lipinski definition) is 0. The lowest BCUT2D eigenvalue weighted by Crippen LogP contribution is -2.09. The summed E-state index contributed by atoms with van der Waals surface area (Å²) in [5.41, 5.74) is 6.84.